The molecule has 4 heteroatoms. The third-order valence-corrected chi connectivity index (χ3v) is 3.23. The molecule has 0 radical (unpaired) electrons. The Morgan fingerprint density at radius 3 is 2.58 bits per heavy atom. The second-order valence-corrected chi connectivity index (χ2v) is 5.19. The number of piperidine rings is 1. The Balaban J connectivity index is 2.14. The second-order valence-electron chi connectivity index (χ2n) is 5.19. The number of aliphatic hydroxyl groups excluding tert-OH is 1. The summed E-state index contributed by atoms with van der Waals surface area (Å²) >= 11 is 0. The normalized spacial score (nSPS) is 16.7. The van der Waals surface area contributed by atoms with Crippen LogP contribution in [0, 0.1) is 0 Å². The summed E-state index contributed by atoms with van der Waals surface area (Å²) in [6, 6.07) is 7.34. The van der Waals surface area contributed by atoms with Crippen LogP contribution in [0.3, 0.4) is 0 Å². The average molecular weight is 263 g/mol. The summed E-state index contributed by atoms with van der Waals surface area (Å²) in [7, 11) is 0. The molecule has 0 aliphatic carbocycles. The lowest BCUT2D eigenvalue weighted by molar-refractivity contribution is 0.0542. The van der Waals surface area contributed by atoms with E-state index in [2.05, 4.69) is 0 Å². The fraction of sp³-hybridized carbons (Fsp3) is 0.533. The number of carbonyl (C=O) groups excluding carboxylic acids is 1. The number of ether oxygens (including phenoxy) is 1. The first-order valence-electron chi connectivity index (χ1n) is 6.81. The lowest BCUT2D eigenvalue weighted by Gasteiger charge is -2.30. The van der Waals surface area contributed by atoms with Crippen LogP contribution in [-0.4, -0.2) is 41.2 Å². The fourth-order valence-electron chi connectivity index (χ4n) is 2.24. The Bertz CT molecular complexity index is 437. The Hall–Kier alpha value is -1.55. The van der Waals surface area contributed by atoms with Crippen LogP contribution in [0.25, 0.3) is 0 Å². The largest absolute Gasteiger partial charge is 0.490 e. The van der Waals surface area contributed by atoms with Crippen molar-refractivity contribution >= 4 is 5.91 Å². The first kappa shape index (κ1) is 13.9. The molecule has 1 aromatic carbocycles. The summed E-state index contributed by atoms with van der Waals surface area (Å²) in [5.74, 6) is 0.622. The zero-order valence-corrected chi connectivity index (χ0v) is 11.5. The van der Waals surface area contributed by atoms with Gasteiger partial charge in [-0.25, -0.2) is 0 Å². The molecule has 0 unspecified atom stereocenters. The molecule has 0 saturated carbocycles. The third kappa shape index (κ3) is 3.47. The van der Waals surface area contributed by atoms with E-state index in [4.69, 9.17) is 4.74 Å². The van der Waals surface area contributed by atoms with Crippen molar-refractivity contribution < 1.29 is 14.6 Å². The minimum atomic E-state index is -0.272. The van der Waals surface area contributed by atoms with Gasteiger partial charge in [-0.15, -0.1) is 0 Å². The van der Waals surface area contributed by atoms with E-state index in [1.165, 1.54) is 0 Å². The van der Waals surface area contributed by atoms with Crippen molar-refractivity contribution in [3.05, 3.63) is 29.8 Å². The Morgan fingerprint density at radius 1 is 1.32 bits per heavy atom. The molecule has 1 aliphatic rings. The maximum absolute atomic E-state index is 12.5. The standard InChI is InChI=1S/C15H21NO3/c1-11(2)19-14-6-4-3-5-13(14)15(18)16-9-7-12(17)8-10-16/h3-6,11-12,17H,7-10H2,1-2H3. The number of para-hydroxylation sites is 1. The number of benzene rings is 1. The van der Waals surface area contributed by atoms with Crippen LogP contribution in [0.5, 0.6) is 5.75 Å². The molecule has 0 bridgehead atoms. The van der Waals surface area contributed by atoms with Gasteiger partial charge >= 0.3 is 0 Å². The first-order valence-corrected chi connectivity index (χ1v) is 6.81. The van der Waals surface area contributed by atoms with Gasteiger partial charge in [-0.3, -0.25) is 4.79 Å². The van der Waals surface area contributed by atoms with Crippen molar-refractivity contribution in [1.29, 1.82) is 0 Å². The van der Waals surface area contributed by atoms with Crippen LogP contribution in [0.2, 0.25) is 0 Å². The minimum absolute atomic E-state index is 0.0110. The highest BCUT2D eigenvalue weighted by Gasteiger charge is 2.24. The quantitative estimate of drug-likeness (QED) is 0.908. The lowest BCUT2D eigenvalue weighted by atomic mass is 10.1. The number of nitrogens with zero attached hydrogens (tertiary/aromatic N) is 1. The number of aliphatic hydroxyl groups is 1. The molecule has 0 spiro atoms. The molecule has 1 aliphatic heterocycles. The second kappa shape index (κ2) is 6.06. The maximum atomic E-state index is 12.5. The molecule has 0 atom stereocenters. The van der Waals surface area contributed by atoms with E-state index in [0.717, 1.165) is 0 Å². The number of carbonyl (C=O) groups is 1. The molecule has 2 rings (SSSR count). The predicted octanol–water partition coefficient (Wildman–Crippen LogP) is 2.07. The maximum Gasteiger partial charge on any atom is 0.257 e. The highest BCUT2D eigenvalue weighted by atomic mass is 16.5. The van der Waals surface area contributed by atoms with E-state index in [1.807, 2.05) is 32.0 Å². The first-order chi connectivity index (χ1) is 9.08. The lowest BCUT2D eigenvalue weighted by Crippen LogP contribution is -2.40. The monoisotopic (exact) mass is 263 g/mol. The van der Waals surface area contributed by atoms with Crippen LogP contribution in [0.4, 0.5) is 0 Å². The smallest absolute Gasteiger partial charge is 0.257 e. The summed E-state index contributed by atoms with van der Waals surface area (Å²) in [4.78, 5) is 14.3. The van der Waals surface area contributed by atoms with Crippen molar-refractivity contribution in [1.82, 2.24) is 4.90 Å². The van der Waals surface area contributed by atoms with Crippen molar-refractivity contribution in [2.45, 2.75) is 38.9 Å². The highest BCUT2D eigenvalue weighted by molar-refractivity contribution is 5.97. The summed E-state index contributed by atoms with van der Waals surface area (Å²) in [6.07, 6.45) is 1.07. The predicted molar refractivity (Wildman–Crippen MR) is 73.4 cm³/mol. The van der Waals surface area contributed by atoms with Gasteiger partial charge in [0.05, 0.1) is 17.8 Å². The molecule has 1 heterocycles. The molecule has 19 heavy (non-hydrogen) atoms. The van der Waals surface area contributed by atoms with Crippen LogP contribution >= 0.6 is 0 Å². The Kier molecular flexibility index (Phi) is 4.43. The van der Waals surface area contributed by atoms with E-state index in [0.29, 0.717) is 37.2 Å². The zero-order chi connectivity index (χ0) is 13.8. The Morgan fingerprint density at radius 2 is 1.95 bits per heavy atom. The fourth-order valence-corrected chi connectivity index (χ4v) is 2.24. The minimum Gasteiger partial charge on any atom is -0.490 e. The highest BCUT2D eigenvalue weighted by Crippen LogP contribution is 2.23. The molecule has 1 aromatic rings. The van der Waals surface area contributed by atoms with Gasteiger partial charge in [-0.1, -0.05) is 12.1 Å². The summed E-state index contributed by atoms with van der Waals surface area (Å²) in [5, 5.41) is 9.49. The van der Waals surface area contributed by atoms with Gasteiger partial charge < -0.3 is 14.7 Å². The number of rotatable bonds is 3. The summed E-state index contributed by atoms with van der Waals surface area (Å²) < 4.78 is 5.68. The van der Waals surface area contributed by atoms with Crippen molar-refractivity contribution in [2.75, 3.05) is 13.1 Å². The van der Waals surface area contributed by atoms with E-state index < -0.39 is 0 Å². The number of amides is 1. The topological polar surface area (TPSA) is 49.8 Å². The van der Waals surface area contributed by atoms with E-state index >= 15 is 0 Å². The molecular weight excluding hydrogens is 242 g/mol. The van der Waals surface area contributed by atoms with Gasteiger partial charge in [-0.2, -0.15) is 0 Å². The van der Waals surface area contributed by atoms with Crippen LogP contribution in [0.1, 0.15) is 37.0 Å². The van der Waals surface area contributed by atoms with Crippen molar-refractivity contribution in [3.63, 3.8) is 0 Å². The van der Waals surface area contributed by atoms with Gasteiger partial charge in [0.1, 0.15) is 5.75 Å². The van der Waals surface area contributed by atoms with E-state index in [9.17, 15) is 9.90 Å². The van der Waals surface area contributed by atoms with Crippen molar-refractivity contribution in [2.24, 2.45) is 0 Å². The average Bonchev–Trinajstić information content (AvgIpc) is 2.39. The van der Waals surface area contributed by atoms with Gasteiger partial charge in [-0.05, 0) is 38.8 Å². The van der Waals surface area contributed by atoms with Gasteiger partial charge in [0, 0.05) is 13.1 Å². The molecule has 1 N–H and O–H groups in total. The number of hydrogen-bond acceptors (Lipinski definition) is 3. The molecule has 1 saturated heterocycles. The molecular formula is C15H21NO3. The van der Waals surface area contributed by atoms with Gasteiger partial charge in [0.25, 0.3) is 5.91 Å². The molecule has 1 fully saturated rings. The number of likely N-dealkylation sites (tertiary alicyclic amines) is 1. The summed E-state index contributed by atoms with van der Waals surface area (Å²) in [5.41, 5.74) is 0.604. The molecule has 4 nitrogen and oxygen atoms in total. The third-order valence-electron chi connectivity index (χ3n) is 3.23. The Labute approximate surface area is 114 Å². The zero-order valence-electron chi connectivity index (χ0n) is 11.5. The SMILES string of the molecule is CC(C)Oc1ccccc1C(=O)N1CCC(O)CC1. The van der Waals surface area contributed by atoms with Gasteiger partial charge in [0.15, 0.2) is 0 Å². The van der Waals surface area contributed by atoms with E-state index in [-0.39, 0.29) is 18.1 Å². The number of hydrogen-bond donors (Lipinski definition) is 1. The molecule has 104 valence electrons. The van der Waals surface area contributed by atoms with Crippen LogP contribution in [-0.2, 0) is 0 Å². The summed E-state index contributed by atoms with van der Waals surface area (Å²) in [6.45, 7) is 5.10. The van der Waals surface area contributed by atoms with Gasteiger partial charge in [0.2, 0.25) is 0 Å². The molecule has 0 aromatic heterocycles. The van der Waals surface area contributed by atoms with E-state index in [1.54, 1.807) is 11.0 Å². The molecule has 1 amide bonds. The van der Waals surface area contributed by atoms with Crippen molar-refractivity contribution in [3.8, 4) is 5.75 Å². The van der Waals surface area contributed by atoms with Crippen LogP contribution in [0.15, 0.2) is 24.3 Å². The van der Waals surface area contributed by atoms with Crippen LogP contribution < -0.4 is 4.74 Å².